The van der Waals surface area contributed by atoms with Gasteiger partial charge in [0.1, 0.15) is 0 Å². The lowest BCUT2D eigenvalue weighted by Crippen LogP contribution is -2.50. The number of hydrogen-bond acceptors (Lipinski definition) is 2. The van der Waals surface area contributed by atoms with Crippen LogP contribution in [0.15, 0.2) is 0 Å². The highest BCUT2D eigenvalue weighted by atomic mass is 15.1. The van der Waals surface area contributed by atoms with Crippen molar-refractivity contribution < 1.29 is 0 Å². The molecule has 3 unspecified atom stereocenters. The van der Waals surface area contributed by atoms with E-state index in [0.29, 0.717) is 11.5 Å². The molecule has 0 radical (unpaired) electrons. The molecule has 1 saturated carbocycles. The van der Waals surface area contributed by atoms with Crippen molar-refractivity contribution in [1.29, 1.82) is 0 Å². The summed E-state index contributed by atoms with van der Waals surface area (Å²) in [6, 6.07) is 1.33. The molecule has 0 bridgehead atoms. The lowest BCUT2D eigenvalue weighted by molar-refractivity contribution is 0.157. The van der Waals surface area contributed by atoms with Crippen LogP contribution in [0.5, 0.6) is 0 Å². The van der Waals surface area contributed by atoms with E-state index in [1.165, 1.54) is 32.1 Å². The van der Waals surface area contributed by atoms with Crippen LogP contribution in [0.2, 0.25) is 0 Å². The van der Waals surface area contributed by atoms with Gasteiger partial charge in [-0.05, 0) is 45.2 Å². The molecule has 1 rings (SSSR count). The van der Waals surface area contributed by atoms with Crippen LogP contribution in [0.1, 0.15) is 59.8 Å². The fourth-order valence-corrected chi connectivity index (χ4v) is 3.34. The molecule has 0 spiro atoms. The van der Waals surface area contributed by atoms with E-state index in [-0.39, 0.29) is 0 Å². The van der Waals surface area contributed by atoms with Crippen LogP contribution in [0.25, 0.3) is 0 Å². The minimum Gasteiger partial charge on any atom is -0.311 e. The number of rotatable bonds is 6. The number of nitrogens with one attached hydrogen (secondary N) is 1. The molecule has 108 valence electrons. The van der Waals surface area contributed by atoms with Crippen molar-refractivity contribution in [3.8, 4) is 0 Å². The molecule has 2 heteroatoms. The van der Waals surface area contributed by atoms with Gasteiger partial charge < -0.3 is 10.2 Å². The smallest absolute Gasteiger partial charge is 0.0105 e. The molecular weight excluding hydrogens is 220 g/mol. The van der Waals surface area contributed by atoms with Crippen molar-refractivity contribution in [3.63, 3.8) is 0 Å². The normalized spacial score (nSPS) is 27.5. The van der Waals surface area contributed by atoms with Crippen LogP contribution in [0, 0.1) is 11.3 Å². The van der Waals surface area contributed by atoms with Crippen molar-refractivity contribution in [1.82, 2.24) is 10.2 Å². The average Bonchev–Trinajstić information content (AvgIpc) is 2.27. The van der Waals surface area contributed by atoms with Gasteiger partial charge in [-0.25, -0.2) is 0 Å². The fourth-order valence-electron chi connectivity index (χ4n) is 3.34. The molecule has 1 fully saturated rings. The third kappa shape index (κ3) is 4.89. The van der Waals surface area contributed by atoms with Gasteiger partial charge >= 0.3 is 0 Å². The summed E-state index contributed by atoms with van der Waals surface area (Å²) >= 11 is 0. The number of hydrogen-bond donors (Lipinski definition) is 1. The highest BCUT2D eigenvalue weighted by molar-refractivity contribution is 4.87. The minimum absolute atomic E-state index is 0.336. The molecule has 2 nitrogen and oxygen atoms in total. The molecule has 0 heterocycles. The summed E-state index contributed by atoms with van der Waals surface area (Å²) in [5.74, 6) is 0.959. The zero-order chi connectivity index (χ0) is 13.8. The number of nitrogens with zero attached hydrogens (tertiary/aromatic N) is 1. The SMILES string of the molecule is CCC1CCCC(NC(C)C(C)(C)CN(C)C)C1. The van der Waals surface area contributed by atoms with Gasteiger partial charge in [0.2, 0.25) is 0 Å². The highest BCUT2D eigenvalue weighted by Crippen LogP contribution is 2.29. The molecule has 18 heavy (non-hydrogen) atoms. The zero-order valence-electron chi connectivity index (χ0n) is 13.4. The Morgan fingerprint density at radius 1 is 1.28 bits per heavy atom. The van der Waals surface area contributed by atoms with E-state index in [1.807, 2.05) is 0 Å². The molecule has 0 saturated heterocycles. The third-order valence-electron chi connectivity index (χ3n) is 4.74. The lowest BCUT2D eigenvalue weighted by Gasteiger charge is -2.39. The summed E-state index contributed by atoms with van der Waals surface area (Å²) in [6.45, 7) is 10.6. The second kappa shape index (κ2) is 6.91. The maximum atomic E-state index is 3.90. The maximum absolute atomic E-state index is 3.90. The van der Waals surface area contributed by atoms with Crippen molar-refractivity contribution in [3.05, 3.63) is 0 Å². The first-order chi connectivity index (χ1) is 8.35. The quantitative estimate of drug-likeness (QED) is 0.780. The third-order valence-corrected chi connectivity index (χ3v) is 4.74. The first-order valence-corrected chi connectivity index (χ1v) is 7.76. The molecule has 0 aliphatic heterocycles. The molecule has 0 aromatic heterocycles. The fraction of sp³-hybridized carbons (Fsp3) is 1.00. The van der Waals surface area contributed by atoms with Crippen LogP contribution >= 0.6 is 0 Å². The van der Waals surface area contributed by atoms with Crippen molar-refractivity contribution in [2.45, 2.75) is 71.9 Å². The van der Waals surface area contributed by atoms with Crippen LogP contribution in [-0.2, 0) is 0 Å². The van der Waals surface area contributed by atoms with E-state index in [1.54, 1.807) is 0 Å². The Hall–Kier alpha value is -0.0800. The molecule has 1 aliphatic carbocycles. The van der Waals surface area contributed by atoms with Crippen LogP contribution in [0.3, 0.4) is 0 Å². The Morgan fingerprint density at radius 2 is 1.94 bits per heavy atom. The molecule has 0 aromatic rings. The van der Waals surface area contributed by atoms with E-state index in [4.69, 9.17) is 0 Å². The standard InChI is InChI=1S/C16H34N2/c1-7-14-9-8-10-15(11-14)17-13(2)16(3,4)12-18(5)6/h13-15,17H,7-12H2,1-6H3. The van der Waals surface area contributed by atoms with Gasteiger partial charge in [0.25, 0.3) is 0 Å². The van der Waals surface area contributed by atoms with Gasteiger partial charge in [-0.2, -0.15) is 0 Å². The van der Waals surface area contributed by atoms with Gasteiger partial charge in [-0.15, -0.1) is 0 Å². The predicted molar refractivity (Wildman–Crippen MR) is 81.0 cm³/mol. The second-order valence-corrected chi connectivity index (χ2v) is 7.25. The summed E-state index contributed by atoms with van der Waals surface area (Å²) in [7, 11) is 4.34. The minimum atomic E-state index is 0.336. The van der Waals surface area contributed by atoms with Crippen molar-refractivity contribution in [2.75, 3.05) is 20.6 Å². The van der Waals surface area contributed by atoms with Gasteiger partial charge in [-0.1, -0.05) is 40.0 Å². The Morgan fingerprint density at radius 3 is 2.50 bits per heavy atom. The monoisotopic (exact) mass is 254 g/mol. The largest absolute Gasteiger partial charge is 0.311 e. The molecule has 3 atom stereocenters. The summed E-state index contributed by atoms with van der Waals surface area (Å²) in [5, 5.41) is 3.90. The predicted octanol–water partition coefficient (Wildman–Crippen LogP) is 3.52. The topological polar surface area (TPSA) is 15.3 Å². The second-order valence-electron chi connectivity index (χ2n) is 7.25. The first-order valence-electron chi connectivity index (χ1n) is 7.76. The molecule has 0 aromatic carbocycles. The first kappa shape index (κ1) is 16.0. The molecular formula is C16H34N2. The highest BCUT2D eigenvalue weighted by Gasteiger charge is 2.29. The van der Waals surface area contributed by atoms with Crippen molar-refractivity contribution >= 4 is 0 Å². The Kier molecular flexibility index (Phi) is 6.13. The van der Waals surface area contributed by atoms with Crippen LogP contribution in [-0.4, -0.2) is 37.6 Å². The average molecular weight is 254 g/mol. The molecule has 1 aliphatic rings. The Labute approximate surface area is 115 Å². The van der Waals surface area contributed by atoms with Gasteiger partial charge in [-0.3, -0.25) is 0 Å². The van der Waals surface area contributed by atoms with E-state index in [0.717, 1.165) is 18.5 Å². The summed E-state index contributed by atoms with van der Waals surface area (Å²) in [4.78, 5) is 2.30. The van der Waals surface area contributed by atoms with Gasteiger partial charge in [0, 0.05) is 18.6 Å². The molecule has 0 amide bonds. The van der Waals surface area contributed by atoms with Crippen molar-refractivity contribution in [2.24, 2.45) is 11.3 Å². The van der Waals surface area contributed by atoms with Gasteiger partial charge in [0.05, 0.1) is 0 Å². The van der Waals surface area contributed by atoms with E-state index >= 15 is 0 Å². The maximum Gasteiger partial charge on any atom is 0.0105 e. The van der Waals surface area contributed by atoms with E-state index in [2.05, 4.69) is 52.0 Å². The summed E-state index contributed by atoms with van der Waals surface area (Å²) in [5.41, 5.74) is 0.336. The van der Waals surface area contributed by atoms with Gasteiger partial charge in [0.15, 0.2) is 0 Å². The van der Waals surface area contributed by atoms with Crippen LogP contribution < -0.4 is 5.32 Å². The lowest BCUT2D eigenvalue weighted by atomic mass is 9.81. The molecule has 1 N–H and O–H groups in total. The van der Waals surface area contributed by atoms with Crippen LogP contribution in [0.4, 0.5) is 0 Å². The zero-order valence-corrected chi connectivity index (χ0v) is 13.4. The van der Waals surface area contributed by atoms with E-state index in [9.17, 15) is 0 Å². The summed E-state index contributed by atoms with van der Waals surface area (Å²) < 4.78 is 0. The Bertz CT molecular complexity index is 235. The Balaban J connectivity index is 2.45. The summed E-state index contributed by atoms with van der Waals surface area (Å²) in [6.07, 6.45) is 6.98. The van der Waals surface area contributed by atoms with E-state index < -0.39 is 0 Å².